The van der Waals surface area contributed by atoms with Crippen molar-refractivity contribution in [2.24, 2.45) is 0 Å². The summed E-state index contributed by atoms with van der Waals surface area (Å²) in [6, 6.07) is 0.660. The van der Waals surface area contributed by atoms with Crippen molar-refractivity contribution in [2.45, 2.75) is 46.1 Å². The average molecular weight is 280 g/mol. The molecule has 0 aliphatic carbocycles. The molecule has 3 heteroatoms. The first kappa shape index (κ1) is 17.4. The first-order valence-electron chi connectivity index (χ1n) is 8.01. The Balaban J connectivity index is 1.95. The summed E-state index contributed by atoms with van der Waals surface area (Å²) in [6.07, 6.45) is 10.3. The minimum Gasteiger partial charge on any atom is -0.379 e. The lowest BCUT2D eigenvalue weighted by atomic mass is 10.2. The highest BCUT2D eigenvalue weighted by molar-refractivity contribution is 4.95. The summed E-state index contributed by atoms with van der Waals surface area (Å²) in [7, 11) is 0. The Morgan fingerprint density at radius 2 is 1.95 bits per heavy atom. The summed E-state index contributed by atoms with van der Waals surface area (Å²) in [6.45, 7) is 12.7. The van der Waals surface area contributed by atoms with Gasteiger partial charge in [-0.1, -0.05) is 23.8 Å². The van der Waals surface area contributed by atoms with E-state index >= 15 is 0 Å². The molecule has 0 saturated carbocycles. The molecule has 1 aliphatic heterocycles. The average Bonchev–Trinajstić information content (AvgIpc) is 2.46. The molecule has 1 unspecified atom stereocenters. The third kappa shape index (κ3) is 8.51. The van der Waals surface area contributed by atoms with E-state index in [1.165, 1.54) is 12.0 Å². The zero-order chi connectivity index (χ0) is 14.6. The minimum atomic E-state index is 0.660. The van der Waals surface area contributed by atoms with E-state index in [4.69, 9.17) is 4.74 Å². The summed E-state index contributed by atoms with van der Waals surface area (Å²) in [5.74, 6) is 0. The van der Waals surface area contributed by atoms with Gasteiger partial charge in [0.15, 0.2) is 0 Å². The van der Waals surface area contributed by atoms with Gasteiger partial charge in [0.25, 0.3) is 0 Å². The normalized spacial score (nSPS) is 18.4. The Hall–Kier alpha value is -0.640. The highest BCUT2D eigenvalue weighted by Gasteiger charge is 2.15. The van der Waals surface area contributed by atoms with Crippen LogP contribution in [0.25, 0.3) is 0 Å². The highest BCUT2D eigenvalue weighted by atomic mass is 16.5. The van der Waals surface area contributed by atoms with E-state index < -0.39 is 0 Å². The van der Waals surface area contributed by atoms with Crippen molar-refractivity contribution in [3.05, 3.63) is 23.8 Å². The maximum Gasteiger partial charge on any atom is 0.0594 e. The fourth-order valence-electron chi connectivity index (χ4n) is 2.37. The molecule has 1 saturated heterocycles. The van der Waals surface area contributed by atoms with Crippen LogP contribution in [0.4, 0.5) is 0 Å². The van der Waals surface area contributed by atoms with Crippen molar-refractivity contribution in [1.82, 2.24) is 10.2 Å². The number of nitrogens with one attached hydrogen (secondary N) is 1. The Morgan fingerprint density at radius 1 is 1.20 bits per heavy atom. The van der Waals surface area contributed by atoms with E-state index in [0.29, 0.717) is 6.04 Å². The molecule has 1 fully saturated rings. The Morgan fingerprint density at radius 3 is 2.65 bits per heavy atom. The number of allylic oxidation sites excluding steroid dienone is 3. The van der Waals surface area contributed by atoms with Gasteiger partial charge < -0.3 is 10.1 Å². The van der Waals surface area contributed by atoms with Gasteiger partial charge in [-0.15, -0.1) is 0 Å². The molecule has 1 atom stereocenters. The molecule has 0 aromatic rings. The molecule has 1 N–H and O–H groups in total. The van der Waals surface area contributed by atoms with Gasteiger partial charge in [0.05, 0.1) is 13.2 Å². The second-order valence-electron chi connectivity index (χ2n) is 5.82. The van der Waals surface area contributed by atoms with Crippen molar-refractivity contribution < 1.29 is 4.74 Å². The van der Waals surface area contributed by atoms with Crippen LogP contribution in [0.15, 0.2) is 23.8 Å². The Bertz CT molecular complexity index is 289. The largest absolute Gasteiger partial charge is 0.379 e. The molecule has 3 nitrogen and oxygen atoms in total. The van der Waals surface area contributed by atoms with E-state index in [-0.39, 0.29) is 0 Å². The van der Waals surface area contributed by atoms with Gasteiger partial charge in [0.2, 0.25) is 0 Å². The molecule has 1 heterocycles. The Labute approximate surface area is 125 Å². The third-order valence-electron chi connectivity index (χ3n) is 3.72. The maximum atomic E-state index is 5.38. The molecule has 0 radical (unpaired) electrons. The molecule has 20 heavy (non-hydrogen) atoms. The lowest BCUT2D eigenvalue weighted by molar-refractivity contribution is 0.0188. The standard InChI is InChI=1S/C17H32N2O/c1-16(2)8-6-4-5-7-10-18-11-9-17(3)19-12-14-20-15-13-19/h5,7-8,17-18H,4,6,9-15H2,1-3H3. The van der Waals surface area contributed by atoms with Crippen LogP contribution < -0.4 is 5.32 Å². The minimum absolute atomic E-state index is 0.660. The molecule has 1 rings (SSSR count). The molecule has 116 valence electrons. The van der Waals surface area contributed by atoms with Crippen LogP contribution in [0.2, 0.25) is 0 Å². The number of ether oxygens (including phenoxy) is 1. The smallest absolute Gasteiger partial charge is 0.0594 e. The van der Waals surface area contributed by atoms with Gasteiger partial charge >= 0.3 is 0 Å². The summed E-state index contributed by atoms with van der Waals surface area (Å²) in [5.41, 5.74) is 1.41. The predicted octanol–water partition coefficient (Wildman–Crippen LogP) is 2.99. The van der Waals surface area contributed by atoms with Crippen LogP contribution in [0.1, 0.15) is 40.0 Å². The summed E-state index contributed by atoms with van der Waals surface area (Å²) < 4.78 is 5.38. The zero-order valence-electron chi connectivity index (χ0n) is 13.5. The molecule has 0 aromatic carbocycles. The highest BCUT2D eigenvalue weighted by Crippen LogP contribution is 2.06. The van der Waals surface area contributed by atoms with Crippen LogP contribution >= 0.6 is 0 Å². The van der Waals surface area contributed by atoms with Crippen LogP contribution in [-0.4, -0.2) is 50.3 Å². The third-order valence-corrected chi connectivity index (χ3v) is 3.72. The van der Waals surface area contributed by atoms with Crippen LogP contribution in [0, 0.1) is 0 Å². The van der Waals surface area contributed by atoms with E-state index in [1.807, 2.05) is 0 Å². The number of morpholine rings is 1. The maximum absolute atomic E-state index is 5.38. The first-order valence-corrected chi connectivity index (χ1v) is 8.01. The molecule has 0 bridgehead atoms. The van der Waals surface area contributed by atoms with Gasteiger partial charge in [-0.3, -0.25) is 4.90 Å². The van der Waals surface area contributed by atoms with Crippen LogP contribution in [-0.2, 0) is 4.74 Å². The molecule has 0 amide bonds. The second-order valence-corrected chi connectivity index (χ2v) is 5.82. The van der Waals surface area contributed by atoms with E-state index in [0.717, 1.165) is 52.2 Å². The molecule has 1 aliphatic rings. The summed E-state index contributed by atoms with van der Waals surface area (Å²) in [4.78, 5) is 2.53. The van der Waals surface area contributed by atoms with Crippen molar-refractivity contribution >= 4 is 0 Å². The van der Waals surface area contributed by atoms with Crippen LogP contribution in [0.3, 0.4) is 0 Å². The Kier molecular flexibility index (Phi) is 9.63. The zero-order valence-corrected chi connectivity index (χ0v) is 13.5. The van der Waals surface area contributed by atoms with Crippen LogP contribution in [0.5, 0.6) is 0 Å². The topological polar surface area (TPSA) is 24.5 Å². The van der Waals surface area contributed by atoms with Gasteiger partial charge in [-0.05, 0) is 46.6 Å². The lowest BCUT2D eigenvalue weighted by Gasteiger charge is -2.32. The molecule has 0 spiro atoms. The fraction of sp³-hybridized carbons (Fsp3) is 0.765. The van der Waals surface area contributed by atoms with E-state index in [9.17, 15) is 0 Å². The molecular formula is C17H32N2O. The number of hydrogen-bond acceptors (Lipinski definition) is 3. The quantitative estimate of drug-likeness (QED) is 0.519. The van der Waals surface area contributed by atoms with Crippen molar-refractivity contribution in [3.8, 4) is 0 Å². The summed E-state index contributed by atoms with van der Waals surface area (Å²) >= 11 is 0. The van der Waals surface area contributed by atoms with Gasteiger partial charge in [-0.25, -0.2) is 0 Å². The lowest BCUT2D eigenvalue weighted by Crippen LogP contribution is -2.43. The van der Waals surface area contributed by atoms with E-state index in [2.05, 4.69) is 49.2 Å². The predicted molar refractivity (Wildman–Crippen MR) is 87.1 cm³/mol. The van der Waals surface area contributed by atoms with Gasteiger partial charge in [0, 0.05) is 25.7 Å². The second kappa shape index (κ2) is 11.1. The SMILES string of the molecule is CC(C)=CCCC=CCNCCC(C)N1CCOCC1. The van der Waals surface area contributed by atoms with E-state index in [1.54, 1.807) is 0 Å². The number of rotatable bonds is 9. The van der Waals surface area contributed by atoms with Crippen molar-refractivity contribution in [1.29, 1.82) is 0 Å². The number of unbranched alkanes of at least 4 members (excludes halogenated alkanes) is 1. The van der Waals surface area contributed by atoms with Crippen molar-refractivity contribution in [2.75, 3.05) is 39.4 Å². The number of hydrogen-bond donors (Lipinski definition) is 1. The summed E-state index contributed by atoms with van der Waals surface area (Å²) in [5, 5.41) is 3.49. The van der Waals surface area contributed by atoms with Crippen molar-refractivity contribution in [3.63, 3.8) is 0 Å². The fourth-order valence-corrected chi connectivity index (χ4v) is 2.37. The number of nitrogens with zero attached hydrogens (tertiary/aromatic N) is 1. The van der Waals surface area contributed by atoms with Gasteiger partial charge in [-0.2, -0.15) is 0 Å². The molecule has 0 aromatic heterocycles. The first-order chi connectivity index (χ1) is 9.70. The van der Waals surface area contributed by atoms with Gasteiger partial charge in [0.1, 0.15) is 0 Å². The molecular weight excluding hydrogens is 248 g/mol. The monoisotopic (exact) mass is 280 g/mol.